The average Bonchev–Trinajstić information content (AvgIpc) is 2.43. The van der Waals surface area contributed by atoms with Crippen LogP contribution in [0.2, 0.25) is 0 Å². The molecule has 2 nitrogen and oxygen atoms in total. The maximum Gasteiger partial charge on any atom is 0.303 e. The molecule has 0 aliphatic heterocycles. The minimum Gasteiger partial charge on any atom is -0.481 e. The van der Waals surface area contributed by atoms with Gasteiger partial charge in [0.25, 0.3) is 0 Å². The van der Waals surface area contributed by atoms with E-state index in [2.05, 4.69) is 6.92 Å². The Balaban J connectivity index is -0.00000180. The van der Waals surface area contributed by atoms with Crippen molar-refractivity contribution in [3.63, 3.8) is 0 Å². The summed E-state index contributed by atoms with van der Waals surface area (Å²) in [5.41, 5.74) is 0. The Morgan fingerprint density at radius 3 is 1.18 bits per heavy atom. The van der Waals surface area contributed by atoms with Crippen LogP contribution in [0.5, 0.6) is 0 Å². The summed E-state index contributed by atoms with van der Waals surface area (Å²) in [6.45, 7) is 2.27. The normalized spacial score (nSPS) is 9.86. The van der Waals surface area contributed by atoms with Gasteiger partial charge in [0.05, 0.1) is 0 Å². The van der Waals surface area contributed by atoms with Gasteiger partial charge >= 0.3 is 5.97 Å². The molecule has 2 radical (unpaired) electrons. The van der Waals surface area contributed by atoms with Crippen LogP contribution in [0.1, 0.15) is 110 Å². The molecule has 0 aromatic carbocycles. The van der Waals surface area contributed by atoms with E-state index in [1.54, 1.807) is 0 Å². The van der Waals surface area contributed by atoms with Gasteiger partial charge in [0.2, 0.25) is 0 Å². The van der Waals surface area contributed by atoms with E-state index in [9.17, 15) is 4.79 Å². The van der Waals surface area contributed by atoms with Crippen LogP contribution in [0.25, 0.3) is 0 Å². The van der Waals surface area contributed by atoms with E-state index in [-0.39, 0.29) is 68.4 Å². The standard InChI is InChI=1S/C18H36O2.Ba.Zn/c1-2-3-4-5-6-7-8-9-10-11-12-13-14-15-16-17-18(19)20;;/h2-17H2,1H3,(H,19,20);;. The summed E-state index contributed by atoms with van der Waals surface area (Å²) >= 11 is 0. The van der Waals surface area contributed by atoms with Crippen LogP contribution >= 0.6 is 0 Å². The maximum absolute atomic E-state index is 10.3. The summed E-state index contributed by atoms with van der Waals surface area (Å²) < 4.78 is 0. The van der Waals surface area contributed by atoms with Crippen LogP contribution in [-0.2, 0) is 24.3 Å². The fourth-order valence-electron chi connectivity index (χ4n) is 2.65. The van der Waals surface area contributed by atoms with Crippen molar-refractivity contribution < 1.29 is 29.4 Å². The number of hydrogen-bond acceptors (Lipinski definition) is 1. The number of carboxylic acid groups (broad SMARTS) is 1. The predicted octanol–water partition coefficient (Wildman–Crippen LogP) is 5.95. The van der Waals surface area contributed by atoms with Gasteiger partial charge in [-0.25, -0.2) is 0 Å². The van der Waals surface area contributed by atoms with Gasteiger partial charge in [-0.15, -0.1) is 0 Å². The van der Waals surface area contributed by atoms with E-state index in [4.69, 9.17) is 5.11 Å². The van der Waals surface area contributed by atoms with Gasteiger partial charge in [0.1, 0.15) is 0 Å². The van der Waals surface area contributed by atoms with E-state index in [0.717, 1.165) is 12.8 Å². The molecule has 0 aliphatic rings. The van der Waals surface area contributed by atoms with Crippen molar-refractivity contribution in [3.8, 4) is 0 Å². The molecular weight excluding hydrogens is 451 g/mol. The molecule has 0 spiro atoms. The van der Waals surface area contributed by atoms with E-state index in [0.29, 0.717) is 6.42 Å². The van der Waals surface area contributed by atoms with Crippen molar-refractivity contribution in [1.29, 1.82) is 0 Å². The molecule has 0 aromatic heterocycles. The monoisotopic (exact) mass is 486 g/mol. The number of carboxylic acids is 1. The number of hydrogen-bond donors (Lipinski definition) is 1. The minimum absolute atomic E-state index is 0. The number of aliphatic carboxylic acids is 1. The quantitative estimate of drug-likeness (QED) is 0.216. The molecule has 4 heteroatoms. The number of unbranched alkanes of at least 4 members (excludes halogenated alkanes) is 14. The van der Waals surface area contributed by atoms with Crippen LogP contribution in [0.4, 0.5) is 0 Å². The first-order valence-electron chi connectivity index (χ1n) is 8.99. The molecule has 0 saturated carbocycles. The Morgan fingerprint density at radius 2 is 0.909 bits per heavy atom. The second-order valence-electron chi connectivity index (χ2n) is 6.09. The molecule has 0 aromatic rings. The Labute approximate surface area is 191 Å². The van der Waals surface area contributed by atoms with Crippen LogP contribution < -0.4 is 0 Å². The molecule has 0 fully saturated rings. The van der Waals surface area contributed by atoms with Gasteiger partial charge in [0, 0.05) is 74.8 Å². The molecule has 0 rings (SSSR count). The Bertz CT molecular complexity index is 213. The molecule has 0 bridgehead atoms. The predicted molar refractivity (Wildman–Crippen MR) is 92.9 cm³/mol. The molecular formula is C18H36BaO2Zn. The van der Waals surface area contributed by atoms with E-state index < -0.39 is 5.97 Å². The van der Waals surface area contributed by atoms with Crippen molar-refractivity contribution >= 4 is 54.9 Å². The minimum atomic E-state index is -0.653. The van der Waals surface area contributed by atoms with E-state index in [1.807, 2.05) is 0 Å². The summed E-state index contributed by atoms with van der Waals surface area (Å²) in [6, 6.07) is 0. The zero-order valence-electron chi connectivity index (χ0n) is 15.1. The Morgan fingerprint density at radius 1 is 0.636 bits per heavy atom. The summed E-state index contributed by atoms with van der Waals surface area (Å²) in [4.78, 5) is 10.3. The van der Waals surface area contributed by atoms with Gasteiger partial charge < -0.3 is 5.11 Å². The first-order chi connectivity index (χ1) is 9.77. The third-order valence-electron chi connectivity index (χ3n) is 3.99. The molecule has 0 unspecified atom stereocenters. The average molecular weight is 487 g/mol. The Kier molecular flexibility index (Phi) is 32.2. The maximum atomic E-state index is 10.3. The molecule has 124 valence electrons. The fraction of sp³-hybridized carbons (Fsp3) is 0.944. The summed E-state index contributed by atoms with van der Waals surface area (Å²) in [5.74, 6) is -0.653. The molecule has 0 atom stereocenters. The van der Waals surface area contributed by atoms with Gasteiger partial charge in [0.15, 0.2) is 0 Å². The van der Waals surface area contributed by atoms with Crippen LogP contribution in [0.3, 0.4) is 0 Å². The number of rotatable bonds is 16. The van der Waals surface area contributed by atoms with Crippen LogP contribution in [0.15, 0.2) is 0 Å². The third kappa shape index (κ3) is 26.6. The van der Waals surface area contributed by atoms with Crippen molar-refractivity contribution in [3.05, 3.63) is 0 Å². The number of carbonyl (C=O) groups is 1. The van der Waals surface area contributed by atoms with Crippen molar-refractivity contribution in [2.75, 3.05) is 0 Å². The second-order valence-corrected chi connectivity index (χ2v) is 6.09. The molecule has 0 heterocycles. The summed E-state index contributed by atoms with van der Waals surface area (Å²) in [6.07, 6.45) is 20.2. The third-order valence-corrected chi connectivity index (χ3v) is 3.99. The molecule has 0 saturated heterocycles. The Hall–Kier alpha value is 1.66. The SMILES string of the molecule is CCCCCCCCCCCCCCCCCC(=O)O.[Ba].[Zn]. The molecule has 1 N–H and O–H groups in total. The van der Waals surface area contributed by atoms with E-state index in [1.165, 1.54) is 83.5 Å². The van der Waals surface area contributed by atoms with Crippen LogP contribution in [-0.4, -0.2) is 60.0 Å². The topological polar surface area (TPSA) is 37.3 Å². The molecule has 22 heavy (non-hydrogen) atoms. The zero-order valence-corrected chi connectivity index (χ0v) is 22.5. The van der Waals surface area contributed by atoms with Crippen molar-refractivity contribution in [2.45, 2.75) is 110 Å². The second kappa shape index (κ2) is 24.9. The first kappa shape index (κ1) is 28.5. The van der Waals surface area contributed by atoms with Gasteiger partial charge in [-0.2, -0.15) is 0 Å². The van der Waals surface area contributed by atoms with Crippen molar-refractivity contribution in [1.82, 2.24) is 0 Å². The van der Waals surface area contributed by atoms with Crippen molar-refractivity contribution in [2.24, 2.45) is 0 Å². The zero-order chi connectivity index (χ0) is 14.9. The smallest absolute Gasteiger partial charge is 0.303 e. The summed E-state index contributed by atoms with van der Waals surface area (Å²) in [5, 5.41) is 8.52. The van der Waals surface area contributed by atoms with Gasteiger partial charge in [-0.1, -0.05) is 96.8 Å². The molecule has 0 aliphatic carbocycles. The van der Waals surface area contributed by atoms with E-state index >= 15 is 0 Å². The largest absolute Gasteiger partial charge is 0.481 e. The summed E-state index contributed by atoms with van der Waals surface area (Å²) in [7, 11) is 0. The first-order valence-corrected chi connectivity index (χ1v) is 8.99. The van der Waals surface area contributed by atoms with Gasteiger partial charge in [-0.3, -0.25) is 4.79 Å². The molecule has 0 amide bonds. The van der Waals surface area contributed by atoms with Crippen LogP contribution in [0, 0.1) is 0 Å². The fourth-order valence-corrected chi connectivity index (χ4v) is 2.65. The van der Waals surface area contributed by atoms with Gasteiger partial charge in [-0.05, 0) is 6.42 Å².